The Morgan fingerprint density at radius 1 is 1.11 bits per heavy atom. The Labute approximate surface area is 167 Å². The van der Waals surface area contributed by atoms with Gasteiger partial charge in [0.15, 0.2) is 5.13 Å². The van der Waals surface area contributed by atoms with Crippen LogP contribution in [0.2, 0.25) is 0 Å². The SMILES string of the molecule is Cc1ccc2nc(NS(=O)(=O)c3cn(C(C)C)nc3-c3ccccc3)sc2c1. The van der Waals surface area contributed by atoms with E-state index >= 15 is 0 Å². The first-order valence-electron chi connectivity index (χ1n) is 8.88. The highest BCUT2D eigenvalue weighted by Crippen LogP contribution is 2.31. The first-order valence-corrected chi connectivity index (χ1v) is 11.2. The number of nitrogens with zero attached hydrogens (tertiary/aromatic N) is 3. The van der Waals surface area contributed by atoms with Crippen molar-refractivity contribution in [3.05, 3.63) is 60.3 Å². The molecule has 8 heteroatoms. The molecule has 4 rings (SSSR count). The van der Waals surface area contributed by atoms with E-state index in [1.54, 1.807) is 10.9 Å². The smallest absolute Gasteiger partial charge is 0.267 e. The first-order chi connectivity index (χ1) is 13.3. The van der Waals surface area contributed by atoms with Gasteiger partial charge < -0.3 is 0 Å². The largest absolute Gasteiger partial charge is 0.268 e. The van der Waals surface area contributed by atoms with Crippen molar-refractivity contribution >= 4 is 36.7 Å². The van der Waals surface area contributed by atoms with Crippen molar-refractivity contribution in [2.24, 2.45) is 0 Å². The molecule has 6 nitrogen and oxygen atoms in total. The summed E-state index contributed by atoms with van der Waals surface area (Å²) in [6, 6.07) is 15.2. The monoisotopic (exact) mass is 412 g/mol. The van der Waals surface area contributed by atoms with Crippen LogP contribution in [-0.4, -0.2) is 23.2 Å². The minimum absolute atomic E-state index is 0.0387. The number of benzene rings is 2. The standard InChI is InChI=1S/C20H20N4O2S2/c1-13(2)24-12-18(19(22-24)15-7-5-4-6-8-15)28(25,26)23-20-21-16-10-9-14(3)11-17(16)27-20/h4-13H,1-3H3,(H,21,23). The number of hydrogen-bond acceptors (Lipinski definition) is 5. The summed E-state index contributed by atoms with van der Waals surface area (Å²) in [4.78, 5) is 4.55. The summed E-state index contributed by atoms with van der Waals surface area (Å²) in [5.41, 5.74) is 3.06. The molecule has 144 valence electrons. The van der Waals surface area contributed by atoms with Gasteiger partial charge in [-0.3, -0.25) is 9.40 Å². The van der Waals surface area contributed by atoms with Gasteiger partial charge in [0, 0.05) is 17.8 Å². The third kappa shape index (κ3) is 3.53. The molecule has 0 bridgehead atoms. The number of fused-ring (bicyclic) bond motifs is 1. The fourth-order valence-corrected chi connectivity index (χ4v) is 5.23. The topological polar surface area (TPSA) is 76.9 Å². The molecule has 0 aliphatic rings. The van der Waals surface area contributed by atoms with Gasteiger partial charge in [0.25, 0.3) is 10.0 Å². The Morgan fingerprint density at radius 2 is 1.86 bits per heavy atom. The molecule has 0 atom stereocenters. The molecule has 0 fully saturated rings. The van der Waals surface area contributed by atoms with Crippen LogP contribution in [0.25, 0.3) is 21.5 Å². The van der Waals surface area contributed by atoms with Gasteiger partial charge in [0.1, 0.15) is 10.6 Å². The quantitative estimate of drug-likeness (QED) is 0.508. The number of anilines is 1. The van der Waals surface area contributed by atoms with E-state index in [0.29, 0.717) is 10.8 Å². The van der Waals surface area contributed by atoms with E-state index < -0.39 is 10.0 Å². The Morgan fingerprint density at radius 3 is 2.57 bits per heavy atom. The molecule has 0 saturated carbocycles. The van der Waals surface area contributed by atoms with Gasteiger partial charge >= 0.3 is 0 Å². The van der Waals surface area contributed by atoms with E-state index in [1.807, 2.05) is 69.3 Å². The van der Waals surface area contributed by atoms with Crippen LogP contribution >= 0.6 is 11.3 Å². The highest BCUT2D eigenvalue weighted by molar-refractivity contribution is 7.93. The summed E-state index contributed by atoms with van der Waals surface area (Å²) in [5.74, 6) is 0. The average Bonchev–Trinajstić information content (AvgIpc) is 3.26. The fourth-order valence-electron chi connectivity index (χ4n) is 2.88. The molecule has 0 saturated heterocycles. The summed E-state index contributed by atoms with van der Waals surface area (Å²) >= 11 is 1.32. The predicted molar refractivity (Wildman–Crippen MR) is 113 cm³/mol. The number of nitrogens with one attached hydrogen (secondary N) is 1. The molecular formula is C20H20N4O2S2. The second-order valence-electron chi connectivity index (χ2n) is 6.88. The Bertz CT molecular complexity index is 1240. The van der Waals surface area contributed by atoms with Crippen molar-refractivity contribution < 1.29 is 8.42 Å². The van der Waals surface area contributed by atoms with E-state index in [2.05, 4.69) is 14.8 Å². The second-order valence-corrected chi connectivity index (χ2v) is 9.56. The Kier molecular flexibility index (Phi) is 4.68. The van der Waals surface area contributed by atoms with E-state index in [-0.39, 0.29) is 10.9 Å². The molecule has 1 N–H and O–H groups in total. The molecule has 0 aliphatic carbocycles. The number of rotatable bonds is 5. The van der Waals surface area contributed by atoms with Crippen molar-refractivity contribution in [3.63, 3.8) is 0 Å². The maximum atomic E-state index is 13.2. The van der Waals surface area contributed by atoms with Crippen molar-refractivity contribution in [2.75, 3.05) is 4.72 Å². The van der Waals surface area contributed by atoms with E-state index in [1.165, 1.54) is 11.3 Å². The third-order valence-electron chi connectivity index (χ3n) is 4.33. The lowest BCUT2D eigenvalue weighted by atomic mass is 10.2. The zero-order valence-corrected chi connectivity index (χ0v) is 17.4. The lowest BCUT2D eigenvalue weighted by Crippen LogP contribution is -2.13. The summed E-state index contributed by atoms with van der Waals surface area (Å²) in [7, 11) is -3.85. The number of aromatic nitrogens is 3. The Balaban J connectivity index is 1.77. The van der Waals surface area contributed by atoms with Gasteiger partial charge in [-0.15, -0.1) is 0 Å². The van der Waals surface area contributed by atoms with Crippen LogP contribution < -0.4 is 4.72 Å². The van der Waals surface area contributed by atoms with Crippen LogP contribution in [-0.2, 0) is 10.0 Å². The van der Waals surface area contributed by atoms with Gasteiger partial charge in [-0.25, -0.2) is 13.4 Å². The average molecular weight is 413 g/mol. The molecule has 0 aliphatic heterocycles. The highest BCUT2D eigenvalue weighted by Gasteiger charge is 2.25. The lowest BCUT2D eigenvalue weighted by Gasteiger charge is -2.05. The maximum Gasteiger partial charge on any atom is 0.267 e. The molecule has 28 heavy (non-hydrogen) atoms. The summed E-state index contributed by atoms with van der Waals surface area (Å²) in [6.07, 6.45) is 1.58. The van der Waals surface area contributed by atoms with E-state index in [4.69, 9.17) is 0 Å². The minimum Gasteiger partial charge on any atom is -0.268 e. The van der Waals surface area contributed by atoms with Crippen LogP contribution in [0, 0.1) is 6.92 Å². The summed E-state index contributed by atoms with van der Waals surface area (Å²) in [5, 5.41) is 4.87. The number of aryl methyl sites for hydroxylation is 1. The lowest BCUT2D eigenvalue weighted by molar-refractivity contribution is 0.532. The zero-order valence-electron chi connectivity index (χ0n) is 15.7. The van der Waals surface area contributed by atoms with Crippen molar-refractivity contribution in [1.29, 1.82) is 0 Å². The van der Waals surface area contributed by atoms with E-state index in [9.17, 15) is 8.42 Å². The van der Waals surface area contributed by atoms with E-state index in [0.717, 1.165) is 21.3 Å². The number of sulfonamides is 1. The molecule has 0 radical (unpaired) electrons. The van der Waals surface area contributed by atoms with Gasteiger partial charge in [-0.2, -0.15) is 5.10 Å². The van der Waals surface area contributed by atoms with Crippen LogP contribution in [0.3, 0.4) is 0 Å². The van der Waals surface area contributed by atoms with Crippen molar-refractivity contribution in [2.45, 2.75) is 31.7 Å². The van der Waals surface area contributed by atoms with Gasteiger partial charge in [-0.1, -0.05) is 47.7 Å². The molecule has 0 unspecified atom stereocenters. The molecule has 0 amide bonds. The normalized spacial score (nSPS) is 12.0. The molecular weight excluding hydrogens is 392 g/mol. The first kappa shape index (κ1) is 18.6. The maximum absolute atomic E-state index is 13.2. The third-order valence-corrected chi connectivity index (χ3v) is 6.73. The highest BCUT2D eigenvalue weighted by atomic mass is 32.2. The summed E-state index contributed by atoms with van der Waals surface area (Å²) < 4.78 is 31.6. The van der Waals surface area contributed by atoms with Crippen LogP contribution in [0.4, 0.5) is 5.13 Å². The van der Waals surface area contributed by atoms with Crippen molar-refractivity contribution in [3.8, 4) is 11.3 Å². The zero-order chi connectivity index (χ0) is 19.9. The fraction of sp³-hybridized carbons (Fsp3) is 0.200. The van der Waals surface area contributed by atoms with Crippen LogP contribution in [0.1, 0.15) is 25.5 Å². The number of thiazole rings is 1. The second kappa shape index (κ2) is 7.03. The molecule has 2 heterocycles. The molecule has 2 aromatic heterocycles. The molecule has 0 spiro atoms. The van der Waals surface area contributed by atoms with Gasteiger partial charge in [0.05, 0.1) is 10.2 Å². The predicted octanol–water partition coefficient (Wildman–Crippen LogP) is 4.85. The van der Waals surface area contributed by atoms with Gasteiger partial charge in [0.2, 0.25) is 0 Å². The van der Waals surface area contributed by atoms with Crippen molar-refractivity contribution in [1.82, 2.24) is 14.8 Å². The van der Waals surface area contributed by atoms with Crippen LogP contribution in [0.15, 0.2) is 59.6 Å². The van der Waals surface area contributed by atoms with Crippen LogP contribution in [0.5, 0.6) is 0 Å². The molecule has 4 aromatic rings. The Hall–Kier alpha value is -2.71. The number of hydrogen-bond donors (Lipinski definition) is 1. The van der Waals surface area contributed by atoms with Gasteiger partial charge in [-0.05, 0) is 38.5 Å². The summed E-state index contributed by atoms with van der Waals surface area (Å²) in [6.45, 7) is 5.92. The molecule has 2 aromatic carbocycles. The minimum atomic E-state index is -3.85.